The van der Waals surface area contributed by atoms with Crippen LogP contribution in [0.2, 0.25) is 0 Å². The Morgan fingerprint density at radius 2 is 1.40 bits per heavy atom. The predicted molar refractivity (Wildman–Crippen MR) is 90.7 cm³/mol. The highest BCUT2D eigenvalue weighted by Crippen LogP contribution is 2.16. The van der Waals surface area contributed by atoms with Crippen LogP contribution in [0.15, 0.2) is 34.9 Å². The predicted octanol–water partition coefficient (Wildman–Crippen LogP) is 5.65. The average molecular weight is 298 g/mol. The lowest BCUT2D eigenvalue weighted by Gasteiger charge is -2.01. The van der Waals surface area contributed by atoms with Crippen LogP contribution < -0.4 is 0 Å². The molecular weight excluding hydrogens is 267 g/mol. The summed E-state index contributed by atoms with van der Waals surface area (Å²) in [7, 11) is -2.27. The van der Waals surface area contributed by atoms with Gasteiger partial charge in [-0.3, -0.25) is 4.57 Å². The van der Waals surface area contributed by atoms with Gasteiger partial charge < -0.3 is 4.89 Å². The third kappa shape index (κ3) is 13.8. The summed E-state index contributed by atoms with van der Waals surface area (Å²) < 4.78 is 10.6. The Bertz CT molecular complexity index is 374. The number of allylic oxidation sites excluding steroid dienone is 6. The van der Waals surface area contributed by atoms with Gasteiger partial charge >= 0.3 is 0 Å². The largest absolute Gasteiger partial charge is 0.346 e. The molecule has 0 spiro atoms. The quantitative estimate of drug-likeness (QED) is 0.321. The fourth-order valence-electron chi connectivity index (χ4n) is 1.94. The molecule has 1 atom stereocenters. The van der Waals surface area contributed by atoms with E-state index < -0.39 is 8.03 Å². The molecule has 0 aromatic carbocycles. The standard InChI is InChI=1S/C17H31O2P/c1-15(2)9-7-11-17(4)13-8-12-16(3)10-5-6-14-20(18)19/h9-10,13,20H,5-8,11-12,14H2,1-4H3,(H,18,19). The molecule has 0 heterocycles. The molecule has 0 rings (SSSR count). The average Bonchev–Trinajstić information content (AvgIpc) is 2.34. The van der Waals surface area contributed by atoms with Crippen molar-refractivity contribution in [1.29, 1.82) is 0 Å². The van der Waals surface area contributed by atoms with Crippen LogP contribution in [0.3, 0.4) is 0 Å². The van der Waals surface area contributed by atoms with Crippen molar-refractivity contribution in [3.8, 4) is 0 Å². The van der Waals surface area contributed by atoms with Gasteiger partial charge in [0, 0.05) is 6.16 Å². The van der Waals surface area contributed by atoms with E-state index >= 15 is 0 Å². The van der Waals surface area contributed by atoms with Crippen LogP contribution in [0, 0.1) is 0 Å². The second-order valence-electron chi connectivity index (χ2n) is 5.75. The van der Waals surface area contributed by atoms with Crippen LogP contribution in [0.25, 0.3) is 0 Å². The van der Waals surface area contributed by atoms with E-state index in [2.05, 4.69) is 45.9 Å². The summed E-state index contributed by atoms with van der Waals surface area (Å²) in [6.45, 7) is 8.63. The third-order valence-corrected chi connectivity index (χ3v) is 3.99. The van der Waals surface area contributed by atoms with Gasteiger partial charge in [-0.1, -0.05) is 34.9 Å². The molecule has 0 aliphatic heterocycles. The van der Waals surface area contributed by atoms with Crippen LogP contribution >= 0.6 is 8.03 Å². The van der Waals surface area contributed by atoms with Crippen molar-refractivity contribution in [2.24, 2.45) is 0 Å². The number of hydrogen-bond donors (Lipinski definition) is 1. The monoisotopic (exact) mass is 298 g/mol. The van der Waals surface area contributed by atoms with Gasteiger partial charge in [0.25, 0.3) is 0 Å². The first-order valence-corrected chi connectivity index (χ1v) is 9.14. The maximum atomic E-state index is 10.6. The Labute approximate surface area is 125 Å². The summed E-state index contributed by atoms with van der Waals surface area (Å²) in [6, 6.07) is 0. The molecule has 20 heavy (non-hydrogen) atoms. The van der Waals surface area contributed by atoms with Crippen molar-refractivity contribution < 1.29 is 9.46 Å². The molecule has 0 aromatic rings. The second-order valence-corrected chi connectivity index (χ2v) is 7.03. The van der Waals surface area contributed by atoms with E-state index in [4.69, 9.17) is 4.89 Å². The summed E-state index contributed by atoms with van der Waals surface area (Å²) in [6.07, 6.45) is 13.5. The van der Waals surface area contributed by atoms with Crippen molar-refractivity contribution in [2.75, 3.05) is 6.16 Å². The summed E-state index contributed by atoms with van der Waals surface area (Å²) in [5.41, 5.74) is 4.24. The Balaban J connectivity index is 3.82. The first-order valence-electron chi connectivity index (χ1n) is 7.58. The van der Waals surface area contributed by atoms with E-state index in [1.54, 1.807) is 0 Å². The number of unbranched alkanes of at least 4 members (excludes halogenated alkanes) is 1. The molecular formula is C17H31O2P. The zero-order valence-corrected chi connectivity index (χ0v) is 14.5. The summed E-state index contributed by atoms with van der Waals surface area (Å²) in [4.78, 5) is 8.74. The molecule has 0 fully saturated rings. The van der Waals surface area contributed by atoms with Crippen LogP contribution in [-0.2, 0) is 4.57 Å². The smallest absolute Gasteiger partial charge is 0.189 e. The molecule has 0 saturated carbocycles. The third-order valence-electron chi connectivity index (χ3n) is 3.21. The maximum absolute atomic E-state index is 10.6. The number of rotatable bonds is 10. The first kappa shape index (κ1) is 19.4. The lowest BCUT2D eigenvalue weighted by molar-refractivity contribution is 0.501. The van der Waals surface area contributed by atoms with E-state index in [9.17, 15) is 4.57 Å². The van der Waals surface area contributed by atoms with E-state index in [-0.39, 0.29) is 0 Å². The van der Waals surface area contributed by atoms with E-state index in [0.29, 0.717) is 6.16 Å². The molecule has 116 valence electrons. The van der Waals surface area contributed by atoms with Gasteiger partial charge in [-0.25, -0.2) is 0 Å². The first-order chi connectivity index (χ1) is 9.41. The Kier molecular flexibility index (Phi) is 11.8. The molecule has 0 bridgehead atoms. The Hall–Kier alpha value is -0.590. The normalized spacial score (nSPS) is 14.2. The Morgan fingerprint density at radius 3 is 1.90 bits per heavy atom. The fraction of sp³-hybridized carbons (Fsp3) is 0.647. The molecule has 0 radical (unpaired) electrons. The molecule has 0 aliphatic rings. The van der Waals surface area contributed by atoms with Crippen LogP contribution in [-0.4, -0.2) is 11.1 Å². The molecule has 2 nitrogen and oxygen atoms in total. The lowest BCUT2D eigenvalue weighted by Crippen LogP contribution is -1.82. The lowest BCUT2D eigenvalue weighted by atomic mass is 10.1. The van der Waals surface area contributed by atoms with Crippen LogP contribution in [0.4, 0.5) is 0 Å². The van der Waals surface area contributed by atoms with Gasteiger partial charge in [0.15, 0.2) is 8.03 Å². The van der Waals surface area contributed by atoms with E-state index in [1.165, 1.54) is 16.7 Å². The highest BCUT2D eigenvalue weighted by atomic mass is 31.1. The van der Waals surface area contributed by atoms with E-state index in [0.717, 1.165) is 38.5 Å². The SMILES string of the molecule is CC(C)=CCCC(C)=CCCC(C)=CCCC[PH](=O)O. The topological polar surface area (TPSA) is 37.3 Å². The summed E-state index contributed by atoms with van der Waals surface area (Å²) >= 11 is 0. The Morgan fingerprint density at radius 1 is 0.900 bits per heavy atom. The molecule has 0 aromatic heterocycles. The molecule has 1 N–H and O–H groups in total. The summed E-state index contributed by atoms with van der Waals surface area (Å²) in [5, 5.41) is 0. The molecule has 0 amide bonds. The van der Waals surface area contributed by atoms with Gasteiger partial charge in [0.05, 0.1) is 0 Å². The minimum absolute atomic E-state index is 0.456. The molecule has 0 aliphatic carbocycles. The van der Waals surface area contributed by atoms with Crippen LogP contribution in [0.1, 0.15) is 66.2 Å². The van der Waals surface area contributed by atoms with Gasteiger partial charge in [-0.15, -0.1) is 0 Å². The maximum Gasteiger partial charge on any atom is 0.189 e. The van der Waals surface area contributed by atoms with Crippen molar-refractivity contribution in [3.05, 3.63) is 34.9 Å². The zero-order chi connectivity index (χ0) is 15.4. The van der Waals surface area contributed by atoms with Crippen molar-refractivity contribution in [2.45, 2.75) is 66.2 Å². The van der Waals surface area contributed by atoms with Crippen molar-refractivity contribution >= 4 is 8.03 Å². The highest BCUT2D eigenvalue weighted by molar-refractivity contribution is 7.37. The fourth-order valence-corrected chi connectivity index (χ4v) is 2.45. The van der Waals surface area contributed by atoms with Gasteiger partial charge in [0.2, 0.25) is 0 Å². The van der Waals surface area contributed by atoms with E-state index in [1.807, 2.05) is 0 Å². The zero-order valence-electron chi connectivity index (χ0n) is 13.5. The highest BCUT2D eigenvalue weighted by Gasteiger charge is 1.94. The van der Waals surface area contributed by atoms with Gasteiger partial charge in [-0.05, 0) is 66.2 Å². The molecule has 0 saturated heterocycles. The van der Waals surface area contributed by atoms with Gasteiger partial charge in [0.1, 0.15) is 0 Å². The summed E-state index contributed by atoms with van der Waals surface area (Å²) in [5.74, 6) is 0. The minimum Gasteiger partial charge on any atom is -0.346 e. The minimum atomic E-state index is -2.27. The van der Waals surface area contributed by atoms with Crippen molar-refractivity contribution in [3.63, 3.8) is 0 Å². The van der Waals surface area contributed by atoms with Crippen molar-refractivity contribution in [1.82, 2.24) is 0 Å². The second kappa shape index (κ2) is 12.2. The van der Waals surface area contributed by atoms with Crippen LogP contribution in [0.5, 0.6) is 0 Å². The number of hydrogen-bond acceptors (Lipinski definition) is 1. The molecule has 1 unspecified atom stereocenters. The molecule has 3 heteroatoms. The van der Waals surface area contributed by atoms with Gasteiger partial charge in [-0.2, -0.15) is 0 Å².